The van der Waals surface area contributed by atoms with Crippen LogP contribution < -0.4 is 5.73 Å². The highest BCUT2D eigenvalue weighted by molar-refractivity contribution is 5.94. The Hall–Kier alpha value is -1.26. The summed E-state index contributed by atoms with van der Waals surface area (Å²) in [5.41, 5.74) is 6.90. The lowest BCUT2D eigenvalue weighted by atomic mass is 10.2. The average Bonchev–Trinajstić information content (AvgIpc) is 3.17. The van der Waals surface area contributed by atoms with Crippen LogP contribution in [0.15, 0.2) is 24.3 Å². The summed E-state index contributed by atoms with van der Waals surface area (Å²) in [5, 5.41) is 0. The summed E-state index contributed by atoms with van der Waals surface area (Å²) < 4.78 is 5.52. The van der Waals surface area contributed by atoms with Gasteiger partial charge in [0.15, 0.2) is 0 Å². The van der Waals surface area contributed by atoms with E-state index in [1.807, 2.05) is 0 Å². The molecule has 1 fully saturated rings. The maximum absolute atomic E-state index is 12.1. The molecule has 19 heavy (non-hydrogen) atoms. The number of rotatable bonds is 6. The number of hydrogen-bond donors (Lipinski definition) is 1. The third-order valence-electron chi connectivity index (χ3n) is 3.10. The molecule has 0 heterocycles. The van der Waals surface area contributed by atoms with Crippen molar-refractivity contribution in [3.63, 3.8) is 0 Å². The van der Waals surface area contributed by atoms with E-state index in [0.717, 1.165) is 12.5 Å². The molecule has 0 atom stereocenters. The topological polar surface area (TPSA) is 55.6 Å². The zero-order valence-corrected chi connectivity index (χ0v) is 12.0. The normalized spacial score (nSPS) is 13.7. The minimum Gasteiger partial charge on any atom is -0.399 e. The van der Waals surface area contributed by atoms with Crippen LogP contribution in [0.4, 0.5) is 5.69 Å². The number of nitrogens with two attached hydrogens (primary N) is 1. The lowest BCUT2D eigenvalue weighted by Crippen LogP contribution is -2.30. The smallest absolute Gasteiger partial charge is 0.253 e. The van der Waals surface area contributed by atoms with Crippen molar-refractivity contribution in [2.75, 3.05) is 32.5 Å². The molecule has 2 rings (SSSR count). The monoisotopic (exact) mass is 284 g/mol. The van der Waals surface area contributed by atoms with Gasteiger partial charge in [0.2, 0.25) is 0 Å². The minimum atomic E-state index is -0.0164. The maximum Gasteiger partial charge on any atom is 0.253 e. The number of carbonyl (C=O) groups excluding carboxylic acids is 1. The number of benzene rings is 1. The fourth-order valence-corrected chi connectivity index (χ4v) is 1.73. The first-order valence-electron chi connectivity index (χ1n) is 6.35. The molecule has 2 N–H and O–H groups in total. The Morgan fingerprint density at radius 2 is 2.21 bits per heavy atom. The Kier molecular flexibility index (Phi) is 6.12. The Bertz CT molecular complexity index is 422. The van der Waals surface area contributed by atoms with Crippen molar-refractivity contribution in [3.8, 4) is 0 Å². The summed E-state index contributed by atoms with van der Waals surface area (Å²) in [7, 11) is 1.78. The van der Waals surface area contributed by atoms with E-state index in [4.69, 9.17) is 10.5 Å². The van der Waals surface area contributed by atoms with E-state index in [1.54, 1.807) is 36.2 Å². The molecule has 1 amide bonds. The highest BCUT2D eigenvalue weighted by atomic mass is 35.5. The van der Waals surface area contributed by atoms with Crippen LogP contribution in [-0.4, -0.2) is 37.6 Å². The molecule has 4 nitrogen and oxygen atoms in total. The highest BCUT2D eigenvalue weighted by Gasteiger charge is 2.21. The van der Waals surface area contributed by atoms with Gasteiger partial charge in [0.1, 0.15) is 0 Å². The third kappa shape index (κ3) is 5.09. The molecule has 0 saturated heterocycles. The van der Waals surface area contributed by atoms with E-state index >= 15 is 0 Å². The molecular weight excluding hydrogens is 264 g/mol. The molecule has 0 unspecified atom stereocenters. The first-order valence-corrected chi connectivity index (χ1v) is 6.35. The second-order valence-corrected chi connectivity index (χ2v) is 4.87. The van der Waals surface area contributed by atoms with Crippen LogP contribution in [0.2, 0.25) is 0 Å². The molecular formula is C14H21ClN2O2. The summed E-state index contributed by atoms with van der Waals surface area (Å²) in [6, 6.07) is 7.04. The number of anilines is 1. The largest absolute Gasteiger partial charge is 0.399 e. The number of hydrogen-bond acceptors (Lipinski definition) is 3. The zero-order valence-electron chi connectivity index (χ0n) is 11.2. The summed E-state index contributed by atoms with van der Waals surface area (Å²) in [6.07, 6.45) is 2.58. The number of halogens is 1. The molecule has 0 radical (unpaired) electrons. The molecule has 1 aromatic carbocycles. The molecule has 5 heteroatoms. The van der Waals surface area contributed by atoms with Gasteiger partial charge in [0.25, 0.3) is 5.91 Å². The Morgan fingerprint density at radius 1 is 1.47 bits per heavy atom. The lowest BCUT2D eigenvalue weighted by Gasteiger charge is -2.17. The summed E-state index contributed by atoms with van der Waals surface area (Å²) in [4.78, 5) is 13.7. The number of likely N-dealkylation sites (N-methyl/N-ethyl adjacent to an activating group) is 1. The number of carbonyl (C=O) groups is 1. The average molecular weight is 285 g/mol. The fourth-order valence-electron chi connectivity index (χ4n) is 1.73. The van der Waals surface area contributed by atoms with Crippen molar-refractivity contribution in [2.24, 2.45) is 5.92 Å². The Labute approximate surface area is 120 Å². The zero-order chi connectivity index (χ0) is 13.0. The van der Waals surface area contributed by atoms with Crippen LogP contribution in [0.3, 0.4) is 0 Å². The Morgan fingerprint density at radius 3 is 2.84 bits per heavy atom. The predicted octanol–water partition coefficient (Wildman–Crippen LogP) is 2.19. The molecule has 1 saturated carbocycles. The van der Waals surface area contributed by atoms with Crippen LogP contribution in [0.5, 0.6) is 0 Å². The van der Waals surface area contributed by atoms with Gasteiger partial charge in [0, 0.05) is 31.5 Å². The third-order valence-corrected chi connectivity index (χ3v) is 3.10. The second-order valence-electron chi connectivity index (χ2n) is 4.87. The molecule has 1 aromatic rings. The predicted molar refractivity (Wildman–Crippen MR) is 78.6 cm³/mol. The van der Waals surface area contributed by atoms with Crippen molar-refractivity contribution >= 4 is 24.0 Å². The SMILES string of the molecule is CN(CCOCC1CC1)C(=O)c1cccc(N)c1.Cl. The van der Waals surface area contributed by atoms with Crippen molar-refractivity contribution in [3.05, 3.63) is 29.8 Å². The van der Waals surface area contributed by atoms with Crippen molar-refractivity contribution in [1.82, 2.24) is 4.90 Å². The van der Waals surface area contributed by atoms with Crippen LogP contribution >= 0.6 is 12.4 Å². The van der Waals surface area contributed by atoms with Gasteiger partial charge in [-0.05, 0) is 37.0 Å². The van der Waals surface area contributed by atoms with Crippen LogP contribution in [0.25, 0.3) is 0 Å². The Balaban J connectivity index is 0.00000180. The van der Waals surface area contributed by atoms with Gasteiger partial charge in [-0.3, -0.25) is 4.79 Å². The summed E-state index contributed by atoms with van der Waals surface area (Å²) >= 11 is 0. The standard InChI is InChI=1S/C14H20N2O2.ClH/c1-16(7-8-18-10-11-5-6-11)14(17)12-3-2-4-13(15)9-12;/h2-4,9,11H,5-8,10,15H2,1H3;1H. The number of ether oxygens (including phenoxy) is 1. The summed E-state index contributed by atoms with van der Waals surface area (Å²) in [6.45, 7) is 2.04. The molecule has 106 valence electrons. The molecule has 1 aliphatic carbocycles. The van der Waals surface area contributed by atoms with Gasteiger partial charge in [-0.15, -0.1) is 12.4 Å². The molecule has 0 spiro atoms. The number of nitrogen functional groups attached to an aromatic ring is 1. The van der Waals surface area contributed by atoms with Gasteiger partial charge in [-0.1, -0.05) is 6.07 Å². The first-order chi connectivity index (χ1) is 8.66. The van der Waals surface area contributed by atoms with E-state index in [0.29, 0.717) is 24.4 Å². The summed E-state index contributed by atoms with van der Waals surface area (Å²) in [5.74, 6) is 0.747. The first kappa shape index (κ1) is 15.8. The van der Waals surface area contributed by atoms with Gasteiger partial charge in [0.05, 0.1) is 6.61 Å². The van der Waals surface area contributed by atoms with E-state index in [1.165, 1.54) is 12.8 Å². The quantitative estimate of drug-likeness (QED) is 0.643. The van der Waals surface area contributed by atoms with E-state index in [-0.39, 0.29) is 18.3 Å². The number of nitrogens with zero attached hydrogens (tertiary/aromatic N) is 1. The van der Waals surface area contributed by atoms with Crippen molar-refractivity contribution in [1.29, 1.82) is 0 Å². The molecule has 1 aliphatic rings. The van der Waals surface area contributed by atoms with Crippen LogP contribution in [0, 0.1) is 5.92 Å². The van der Waals surface area contributed by atoms with Crippen LogP contribution in [-0.2, 0) is 4.74 Å². The lowest BCUT2D eigenvalue weighted by molar-refractivity contribution is 0.0681. The van der Waals surface area contributed by atoms with E-state index in [2.05, 4.69) is 0 Å². The van der Waals surface area contributed by atoms with Gasteiger partial charge < -0.3 is 15.4 Å². The van der Waals surface area contributed by atoms with E-state index < -0.39 is 0 Å². The van der Waals surface area contributed by atoms with Gasteiger partial charge in [-0.2, -0.15) is 0 Å². The van der Waals surface area contributed by atoms with Crippen LogP contribution in [0.1, 0.15) is 23.2 Å². The van der Waals surface area contributed by atoms with Crippen molar-refractivity contribution in [2.45, 2.75) is 12.8 Å². The maximum atomic E-state index is 12.1. The molecule has 0 aliphatic heterocycles. The van der Waals surface area contributed by atoms with E-state index in [9.17, 15) is 4.79 Å². The van der Waals surface area contributed by atoms with Gasteiger partial charge >= 0.3 is 0 Å². The van der Waals surface area contributed by atoms with Gasteiger partial charge in [-0.25, -0.2) is 0 Å². The van der Waals surface area contributed by atoms with Crippen molar-refractivity contribution < 1.29 is 9.53 Å². The second kappa shape index (κ2) is 7.36. The highest BCUT2D eigenvalue weighted by Crippen LogP contribution is 2.28. The number of amides is 1. The molecule has 0 aromatic heterocycles. The fraction of sp³-hybridized carbons (Fsp3) is 0.500. The minimum absolute atomic E-state index is 0. The molecule has 0 bridgehead atoms.